The lowest BCUT2D eigenvalue weighted by Gasteiger charge is -2.22. The number of pyridine rings is 1. The molecule has 0 unspecified atom stereocenters. The highest BCUT2D eigenvalue weighted by molar-refractivity contribution is 5.25. The summed E-state index contributed by atoms with van der Waals surface area (Å²) in [4.78, 5) is 4.45. The summed E-state index contributed by atoms with van der Waals surface area (Å²) in [5.41, 5.74) is 3.98. The minimum Gasteiger partial charge on any atom is -0.261 e. The van der Waals surface area contributed by atoms with Crippen molar-refractivity contribution in [3.63, 3.8) is 0 Å². The predicted octanol–water partition coefficient (Wildman–Crippen LogP) is 3.75. The molecule has 0 aromatic carbocycles. The summed E-state index contributed by atoms with van der Waals surface area (Å²) in [5.74, 6) is 0.788. The third kappa shape index (κ3) is 1.97. The summed E-state index contributed by atoms with van der Waals surface area (Å²) in [6.45, 7) is 4.24. The van der Waals surface area contributed by atoms with Gasteiger partial charge in [-0.15, -0.1) is 0 Å². The number of aromatic nitrogens is 1. The molecule has 0 bridgehead atoms. The molecule has 0 saturated heterocycles. The molecule has 1 aromatic rings. The quantitative estimate of drug-likeness (QED) is 0.655. The van der Waals surface area contributed by atoms with E-state index >= 15 is 0 Å². The lowest BCUT2D eigenvalue weighted by molar-refractivity contribution is 0.442. The van der Waals surface area contributed by atoms with E-state index in [4.69, 9.17) is 0 Å². The van der Waals surface area contributed by atoms with Gasteiger partial charge in [-0.05, 0) is 43.7 Å². The minimum atomic E-state index is 0.788. The van der Waals surface area contributed by atoms with Crippen LogP contribution >= 0.6 is 0 Å². The highest BCUT2D eigenvalue weighted by Gasteiger charge is 2.15. The molecule has 1 nitrogen and oxygen atoms in total. The van der Waals surface area contributed by atoms with Crippen LogP contribution < -0.4 is 0 Å². The second kappa shape index (κ2) is 4.12. The van der Waals surface area contributed by atoms with Gasteiger partial charge in [-0.1, -0.05) is 25.3 Å². The largest absolute Gasteiger partial charge is 0.261 e. The second-order valence-electron chi connectivity index (χ2n) is 4.51. The van der Waals surface area contributed by atoms with E-state index in [-0.39, 0.29) is 0 Å². The van der Waals surface area contributed by atoms with E-state index in [1.165, 1.54) is 48.9 Å². The zero-order valence-corrected chi connectivity index (χ0v) is 9.21. The number of hydrogen-bond donors (Lipinski definition) is 0. The van der Waals surface area contributed by atoms with Gasteiger partial charge in [0.2, 0.25) is 0 Å². The zero-order chi connectivity index (χ0) is 9.97. The van der Waals surface area contributed by atoms with Crippen molar-refractivity contribution in [2.75, 3.05) is 0 Å². The van der Waals surface area contributed by atoms with E-state index in [1.807, 2.05) is 0 Å². The fourth-order valence-corrected chi connectivity index (χ4v) is 2.32. The van der Waals surface area contributed by atoms with Crippen molar-refractivity contribution >= 4 is 0 Å². The maximum absolute atomic E-state index is 4.45. The summed E-state index contributed by atoms with van der Waals surface area (Å²) in [7, 11) is 0. The fourth-order valence-electron chi connectivity index (χ4n) is 2.32. The van der Waals surface area contributed by atoms with E-state index in [9.17, 15) is 0 Å². The number of nitrogens with zero attached hydrogens (tertiary/aromatic N) is 1. The molecule has 0 atom stereocenters. The average molecular weight is 189 g/mol. The minimum absolute atomic E-state index is 0.788. The van der Waals surface area contributed by atoms with E-state index in [2.05, 4.69) is 31.1 Å². The molecule has 14 heavy (non-hydrogen) atoms. The Morgan fingerprint density at radius 2 is 1.86 bits per heavy atom. The molecule has 76 valence electrons. The first kappa shape index (κ1) is 9.70. The van der Waals surface area contributed by atoms with Gasteiger partial charge in [-0.3, -0.25) is 4.98 Å². The lowest BCUT2D eigenvalue weighted by Crippen LogP contribution is -2.05. The van der Waals surface area contributed by atoms with Gasteiger partial charge in [0.1, 0.15) is 0 Å². The Bertz CT molecular complexity index is 311. The van der Waals surface area contributed by atoms with Crippen LogP contribution in [0.3, 0.4) is 0 Å². The van der Waals surface area contributed by atoms with Crippen molar-refractivity contribution in [1.82, 2.24) is 4.98 Å². The Morgan fingerprint density at radius 1 is 1.14 bits per heavy atom. The Morgan fingerprint density at radius 3 is 2.50 bits per heavy atom. The fraction of sp³-hybridized carbons (Fsp3) is 0.615. The normalized spacial score (nSPS) is 18.4. The number of rotatable bonds is 1. The lowest BCUT2D eigenvalue weighted by atomic mass is 9.84. The van der Waals surface area contributed by atoms with Crippen LogP contribution in [0.5, 0.6) is 0 Å². The molecule has 0 N–H and O–H groups in total. The summed E-state index contributed by atoms with van der Waals surface area (Å²) >= 11 is 0. The van der Waals surface area contributed by atoms with Gasteiger partial charge in [0.15, 0.2) is 0 Å². The van der Waals surface area contributed by atoms with Crippen molar-refractivity contribution in [1.29, 1.82) is 0 Å². The van der Waals surface area contributed by atoms with Crippen molar-refractivity contribution in [2.24, 2.45) is 0 Å². The molecular weight excluding hydrogens is 170 g/mol. The summed E-state index contributed by atoms with van der Waals surface area (Å²) in [6, 6.07) is 2.33. The Balaban J connectivity index is 2.18. The van der Waals surface area contributed by atoms with Gasteiger partial charge in [0, 0.05) is 11.9 Å². The molecule has 1 saturated carbocycles. The SMILES string of the molecule is Cc1cc(C2CCCCC2)cnc1C. The average Bonchev–Trinajstić information content (AvgIpc) is 2.23. The molecule has 1 aromatic heterocycles. The third-order valence-corrected chi connectivity index (χ3v) is 3.44. The topological polar surface area (TPSA) is 12.9 Å². The van der Waals surface area contributed by atoms with Crippen LogP contribution in [0.15, 0.2) is 12.3 Å². The second-order valence-corrected chi connectivity index (χ2v) is 4.51. The van der Waals surface area contributed by atoms with Crippen LogP contribution in [0.25, 0.3) is 0 Å². The maximum atomic E-state index is 4.45. The predicted molar refractivity (Wildman–Crippen MR) is 59.5 cm³/mol. The van der Waals surface area contributed by atoms with Gasteiger partial charge in [0.25, 0.3) is 0 Å². The summed E-state index contributed by atoms with van der Waals surface area (Å²) < 4.78 is 0. The van der Waals surface area contributed by atoms with Gasteiger partial charge in [-0.25, -0.2) is 0 Å². The third-order valence-electron chi connectivity index (χ3n) is 3.44. The van der Waals surface area contributed by atoms with Gasteiger partial charge < -0.3 is 0 Å². The molecule has 2 rings (SSSR count). The monoisotopic (exact) mass is 189 g/mol. The molecule has 0 spiro atoms. The van der Waals surface area contributed by atoms with E-state index in [1.54, 1.807) is 0 Å². The number of hydrogen-bond acceptors (Lipinski definition) is 1. The first-order chi connectivity index (χ1) is 6.77. The van der Waals surface area contributed by atoms with Crippen LogP contribution in [-0.4, -0.2) is 4.98 Å². The molecule has 1 aliphatic rings. The standard InChI is InChI=1S/C13H19N/c1-10-8-13(9-14-11(10)2)12-6-4-3-5-7-12/h8-9,12H,3-7H2,1-2H3. The molecule has 1 fully saturated rings. The molecule has 0 amide bonds. The highest BCUT2D eigenvalue weighted by Crippen LogP contribution is 2.32. The smallest absolute Gasteiger partial charge is 0.0401 e. The van der Waals surface area contributed by atoms with E-state index in [0.717, 1.165) is 5.92 Å². The molecule has 1 heterocycles. The summed E-state index contributed by atoms with van der Waals surface area (Å²) in [6.07, 6.45) is 9.04. The maximum Gasteiger partial charge on any atom is 0.0401 e. The van der Waals surface area contributed by atoms with Gasteiger partial charge in [-0.2, -0.15) is 0 Å². The Hall–Kier alpha value is -0.850. The summed E-state index contributed by atoms with van der Waals surface area (Å²) in [5, 5.41) is 0. The van der Waals surface area contributed by atoms with Crippen molar-refractivity contribution in [2.45, 2.75) is 51.9 Å². The van der Waals surface area contributed by atoms with Crippen LogP contribution in [0.2, 0.25) is 0 Å². The van der Waals surface area contributed by atoms with Crippen molar-refractivity contribution < 1.29 is 0 Å². The van der Waals surface area contributed by atoms with Crippen LogP contribution in [0, 0.1) is 13.8 Å². The molecule has 0 aliphatic heterocycles. The van der Waals surface area contributed by atoms with Gasteiger partial charge in [0.05, 0.1) is 0 Å². The first-order valence-electron chi connectivity index (χ1n) is 5.70. The van der Waals surface area contributed by atoms with E-state index < -0.39 is 0 Å². The van der Waals surface area contributed by atoms with E-state index in [0.29, 0.717) is 0 Å². The number of aryl methyl sites for hydroxylation is 2. The van der Waals surface area contributed by atoms with Crippen molar-refractivity contribution in [3.8, 4) is 0 Å². The zero-order valence-electron chi connectivity index (χ0n) is 9.21. The van der Waals surface area contributed by atoms with Crippen LogP contribution in [0.1, 0.15) is 54.8 Å². The van der Waals surface area contributed by atoms with Crippen LogP contribution in [-0.2, 0) is 0 Å². The molecule has 1 heteroatoms. The Labute approximate surface area is 86.6 Å². The highest BCUT2D eigenvalue weighted by atomic mass is 14.7. The Kier molecular flexibility index (Phi) is 2.85. The molecular formula is C13H19N. The van der Waals surface area contributed by atoms with Gasteiger partial charge >= 0.3 is 0 Å². The first-order valence-corrected chi connectivity index (χ1v) is 5.70. The molecule has 0 radical (unpaired) electrons. The van der Waals surface area contributed by atoms with Crippen molar-refractivity contribution in [3.05, 3.63) is 29.1 Å². The van der Waals surface area contributed by atoms with Crippen LogP contribution in [0.4, 0.5) is 0 Å². The molecule has 1 aliphatic carbocycles.